The van der Waals surface area contributed by atoms with Crippen molar-refractivity contribution in [3.8, 4) is 6.07 Å². The molecule has 3 aromatic rings. The number of carbonyl (C=O) groups is 1. The lowest BCUT2D eigenvalue weighted by molar-refractivity contribution is 0.0941. The molecule has 3 heterocycles. The average molecular weight is 455 g/mol. The molecule has 1 fully saturated rings. The van der Waals surface area contributed by atoms with Crippen molar-refractivity contribution in [2.75, 3.05) is 13.1 Å². The Morgan fingerprint density at radius 3 is 2.76 bits per heavy atom. The molecule has 34 heavy (non-hydrogen) atoms. The van der Waals surface area contributed by atoms with Gasteiger partial charge in [-0.1, -0.05) is 31.0 Å². The molecule has 1 aliphatic carbocycles. The van der Waals surface area contributed by atoms with E-state index in [1.165, 1.54) is 30.5 Å². The van der Waals surface area contributed by atoms with Crippen molar-refractivity contribution < 1.29 is 4.79 Å². The zero-order valence-corrected chi connectivity index (χ0v) is 20.2. The van der Waals surface area contributed by atoms with Crippen LogP contribution in [0.5, 0.6) is 0 Å². The number of ketones is 1. The fourth-order valence-electron chi connectivity index (χ4n) is 6.11. The molecule has 0 spiro atoms. The van der Waals surface area contributed by atoms with E-state index in [2.05, 4.69) is 33.5 Å². The number of benzene rings is 1. The van der Waals surface area contributed by atoms with E-state index in [-0.39, 0.29) is 5.78 Å². The molecule has 1 saturated carbocycles. The van der Waals surface area contributed by atoms with Crippen LogP contribution in [0.4, 0.5) is 0 Å². The van der Waals surface area contributed by atoms with Crippen LogP contribution in [0.25, 0.3) is 10.9 Å². The highest BCUT2D eigenvalue weighted by Gasteiger charge is 2.26. The third-order valence-electron chi connectivity index (χ3n) is 8.03. The van der Waals surface area contributed by atoms with Gasteiger partial charge in [0.05, 0.1) is 5.52 Å². The van der Waals surface area contributed by atoms with E-state index in [0.717, 1.165) is 73.5 Å². The van der Waals surface area contributed by atoms with Crippen molar-refractivity contribution >= 4 is 16.7 Å². The lowest BCUT2D eigenvalue weighted by atomic mass is 9.78. The second kappa shape index (κ2) is 10.1. The smallest absolute Gasteiger partial charge is 0.163 e. The van der Waals surface area contributed by atoms with E-state index in [4.69, 9.17) is 0 Å². The maximum atomic E-state index is 13.1. The summed E-state index contributed by atoms with van der Waals surface area (Å²) in [7, 11) is 0. The fraction of sp³-hybridized carbons (Fsp3) is 0.483. The number of fused-ring (bicyclic) bond motifs is 2. The molecule has 1 aromatic carbocycles. The quantitative estimate of drug-likeness (QED) is 0.426. The predicted octanol–water partition coefficient (Wildman–Crippen LogP) is 5.76. The van der Waals surface area contributed by atoms with E-state index < -0.39 is 0 Å². The second-order valence-corrected chi connectivity index (χ2v) is 10.1. The van der Waals surface area contributed by atoms with Crippen LogP contribution in [-0.2, 0) is 19.5 Å². The highest BCUT2D eigenvalue weighted by Crippen LogP contribution is 2.34. The molecule has 0 radical (unpaired) electrons. The molecule has 2 aromatic heterocycles. The molecule has 0 saturated heterocycles. The van der Waals surface area contributed by atoms with E-state index in [0.29, 0.717) is 12.3 Å². The lowest BCUT2D eigenvalue weighted by Crippen LogP contribution is -2.33. The third-order valence-corrected chi connectivity index (χ3v) is 8.03. The summed E-state index contributed by atoms with van der Waals surface area (Å²) >= 11 is 0. The number of hydrogen-bond acceptors (Lipinski definition) is 4. The van der Waals surface area contributed by atoms with Crippen LogP contribution in [0.1, 0.15) is 72.8 Å². The van der Waals surface area contributed by atoms with Crippen molar-refractivity contribution in [3.05, 3.63) is 65.1 Å². The zero-order valence-electron chi connectivity index (χ0n) is 20.2. The van der Waals surface area contributed by atoms with Crippen molar-refractivity contribution in [3.63, 3.8) is 0 Å². The summed E-state index contributed by atoms with van der Waals surface area (Å²) in [4.78, 5) is 20.0. The monoisotopic (exact) mass is 454 g/mol. The predicted molar refractivity (Wildman–Crippen MR) is 135 cm³/mol. The standard InChI is InChI=1S/C29H34N4O/c1-2-33-24(19-30)18-23-20-32(16-13-28(23)33)15-12-21-8-10-22(11-9-21)17-29(34)26-5-3-7-27-25(26)6-4-14-31-27/h3-7,14,18,21-22H,2,8-13,15-17,20H2,1H3. The number of hydrogen-bond donors (Lipinski definition) is 0. The molecule has 0 N–H and O–H groups in total. The third kappa shape index (κ3) is 4.65. The Kier molecular flexibility index (Phi) is 6.78. The first kappa shape index (κ1) is 22.8. The van der Waals surface area contributed by atoms with Crippen LogP contribution < -0.4 is 0 Å². The highest BCUT2D eigenvalue weighted by molar-refractivity contribution is 6.07. The van der Waals surface area contributed by atoms with Crippen LogP contribution in [0.15, 0.2) is 42.6 Å². The van der Waals surface area contributed by atoms with Gasteiger partial charge in [0.1, 0.15) is 11.8 Å². The van der Waals surface area contributed by atoms with Crippen LogP contribution in [0, 0.1) is 23.2 Å². The SMILES string of the molecule is CCn1c(C#N)cc2c1CCN(CCC1CCC(CC(=O)c3cccc4ncccc34)CC1)C2. The molecule has 0 unspecified atom stereocenters. The number of nitrogens with zero attached hydrogens (tertiary/aromatic N) is 4. The maximum Gasteiger partial charge on any atom is 0.163 e. The molecule has 5 nitrogen and oxygen atoms in total. The van der Waals surface area contributed by atoms with Crippen molar-refractivity contribution in [2.24, 2.45) is 11.8 Å². The average Bonchev–Trinajstić information content (AvgIpc) is 3.25. The Morgan fingerprint density at radius 2 is 1.97 bits per heavy atom. The summed E-state index contributed by atoms with van der Waals surface area (Å²) in [5, 5.41) is 10.4. The van der Waals surface area contributed by atoms with Gasteiger partial charge in [0.2, 0.25) is 0 Å². The van der Waals surface area contributed by atoms with Crippen molar-refractivity contribution in [1.82, 2.24) is 14.5 Å². The zero-order chi connectivity index (χ0) is 23.5. The summed E-state index contributed by atoms with van der Waals surface area (Å²) in [5.41, 5.74) is 5.24. The topological polar surface area (TPSA) is 61.9 Å². The van der Waals surface area contributed by atoms with Gasteiger partial charge in [-0.15, -0.1) is 0 Å². The minimum atomic E-state index is 0.266. The Labute approximate surface area is 202 Å². The summed E-state index contributed by atoms with van der Waals surface area (Å²) in [6.45, 7) is 6.19. The van der Waals surface area contributed by atoms with E-state index in [1.54, 1.807) is 6.20 Å². The molecule has 1 aliphatic heterocycles. The van der Waals surface area contributed by atoms with E-state index >= 15 is 0 Å². The normalized spacial score (nSPS) is 20.7. The first-order valence-electron chi connectivity index (χ1n) is 12.9. The number of carbonyl (C=O) groups excluding carboxylic acids is 1. The van der Waals surface area contributed by atoms with Gasteiger partial charge in [0.25, 0.3) is 0 Å². The molecule has 0 atom stereocenters. The maximum absolute atomic E-state index is 13.1. The van der Waals surface area contributed by atoms with Crippen LogP contribution in [0.3, 0.4) is 0 Å². The molecule has 176 valence electrons. The minimum Gasteiger partial charge on any atom is -0.336 e. The van der Waals surface area contributed by atoms with Crippen LogP contribution >= 0.6 is 0 Å². The molecule has 0 bridgehead atoms. The van der Waals surface area contributed by atoms with Crippen LogP contribution in [-0.4, -0.2) is 33.3 Å². The Morgan fingerprint density at radius 1 is 1.15 bits per heavy atom. The fourth-order valence-corrected chi connectivity index (χ4v) is 6.11. The second-order valence-electron chi connectivity index (χ2n) is 10.1. The number of Topliss-reactive ketones (excluding diaryl/α,β-unsaturated/α-hetero) is 1. The molecule has 2 aliphatic rings. The number of pyridine rings is 1. The van der Waals surface area contributed by atoms with Gasteiger partial charge in [-0.3, -0.25) is 14.7 Å². The van der Waals surface area contributed by atoms with E-state index in [1.807, 2.05) is 30.3 Å². The lowest BCUT2D eigenvalue weighted by Gasteiger charge is -2.32. The van der Waals surface area contributed by atoms with Crippen molar-refractivity contribution in [1.29, 1.82) is 5.26 Å². The molecular formula is C29H34N4O. The van der Waals surface area contributed by atoms with Gasteiger partial charge >= 0.3 is 0 Å². The van der Waals surface area contributed by atoms with Gasteiger partial charge in [-0.2, -0.15) is 5.26 Å². The number of nitriles is 1. The first-order chi connectivity index (χ1) is 16.7. The highest BCUT2D eigenvalue weighted by atomic mass is 16.1. The Bertz CT molecular complexity index is 1210. The van der Waals surface area contributed by atoms with Gasteiger partial charge in [-0.05, 0) is 68.3 Å². The summed E-state index contributed by atoms with van der Waals surface area (Å²) in [5.74, 6) is 1.54. The summed E-state index contributed by atoms with van der Waals surface area (Å²) in [6.07, 6.45) is 9.52. The van der Waals surface area contributed by atoms with Crippen molar-refractivity contribution in [2.45, 2.75) is 65.0 Å². The molecule has 5 heteroatoms. The largest absolute Gasteiger partial charge is 0.336 e. The summed E-state index contributed by atoms with van der Waals surface area (Å²) in [6, 6.07) is 14.2. The molecule has 5 rings (SSSR count). The van der Waals surface area contributed by atoms with Gasteiger partial charge in [0.15, 0.2) is 5.78 Å². The van der Waals surface area contributed by atoms with Crippen LogP contribution in [0.2, 0.25) is 0 Å². The molecule has 0 amide bonds. The Balaban J connectivity index is 1.10. The van der Waals surface area contributed by atoms with E-state index in [9.17, 15) is 10.1 Å². The summed E-state index contributed by atoms with van der Waals surface area (Å²) < 4.78 is 2.18. The van der Waals surface area contributed by atoms with Gasteiger partial charge in [0, 0.05) is 55.3 Å². The minimum absolute atomic E-state index is 0.266. The first-order valence-corrected chi connectivity index (χ1v) is 12.9. The molecular weight excluding hydrogens is 420 g/mol. The number of rotatable bonds is 7. The number of aromatic nitrogens is 2. The Hall–Kier alpha value is -2.97. The van der Waals surface area contributed by atoms with Gasteiger partial charge in [-0.25, -0.2) is 0 Å². The van der Waals surface area contributed by atoms with Gasteiger partial charge < -0.3 is 4.57 Å².